The van der Waals surface area contributed by atoms with Crippen molar-refractivity contribution in [2.45, 2.75) is 18.5 Å². The Morgan fingerprint density at radius 3 is 2.71 bits per heavy atom. The highest BCUT2D eigenvalue weighted by Crippen LogP contribution is 2.19. The Morgan fingerprint density at radius 1 is 1.16 bits per heavy atom. The highest BCUT2D eigenvalue weighted by molar-refractivity contribution is 7.99. The second-order valence-electron chi connectivity index (χ2n) is 6.89. The van der Waals surface area contributed by atoms with E-state index in [2.05, 4.69) is 20.5 Å². The molecule has 3 aromatic heterocycles. The van der Waals surface area contributed by atoms with Gasteiger partial charge in [0.05, 0.1) is 5.75 Å². The third-order valence-electron chi connectivity index (χ3n) is 4.75. The van der Waals surface area contributed by atoms with Gasteiger partial charge in [-0.25, -0.2) is 4.98 Å². The number of aryl methyl sites for hydroxylation is 1. The molecule has 1 aromatic carbocycles. The number of hydrogen-bond donors (Lipinski definition) is 1. The molecule has 10 heteroatoms. The second kappa shape index (κ2) is 8.91. The lowest BCUT2D eigenvalue weighted by atomic mass is 10.1. The SMILES string of the molecule is Cc1nc2ccccn2c(=O)c1Cc1nnc(SCC(=O)Nc2ccc(Cl)cc2)n1C. The fourth-order valence-electron chi connectivity index (χ4n) is 3.08. The molecular weight excluding hydrogens is 436 g/mol. The van der Waals surface area contributed by atoms with Crippen molar-refractivity contribution in [3.63, 3.8) is 0 Å². The molecule has 4 rings (SSSR count). The number of benzene rings is 1. The topological polar surface area (TPSA) is 94.2 Å². The first-order valence-corrected chi connectivity index (χ1v) is 10.8. The molecule has 0 aliphatic carbocycles. The van der Waals surface area contributed by atoms with E-state index in [1.54, 1.807) is 47.2 Å². The molecule has 3 heterocycles. The third kappa shape index (κ3) is 4.62. The lowest BCUT2D eigenvalue weighted by Crippen LogP contribution is -2.22. The number of amides is 1. The minimum atomic E-state index is -0.162. The summed E-state index contributed by atoms with van der Waals surface area (Å²) in [4.78, 5) is 29.6. The Bertz CT molecular complexity index is 1320. The normalized spacial score (nSPS) is 11.1. The predicted octanol–water partition coefficient (Wildman–Crippen LogP) is 3.11. The maximum atomic E-state index is 12.9. The van der Waals surface area contributed by atoms with E-state index in [1.165, 1.54) is 16.2 Å². The first kappa shape index (κ1) is 21.1. The summed E-state index contributed by atoms with van der Waals surface area (Å²) in [7, 11) is 1.82. The number of carbonyl (C=O) groups is 1. The summed E-state index contributed by atoms with van der Waals surface area (Å²) >= 11 is 7.13. The number of aromatic nitrogens is 5. The first-order chi connectivity index (χ1) is 14.9. The zero-order valence-electron chi connectivity index (χ0n) is 16.9. The Morgan fingerprint density at radius 2 is 1.94 bits per heavy atom. The number of anilines is 1. The molecule has 0 unspecified atom stereocenters. The molecule has 0 saturated heterocycles. The van der Waals surface area contributed by atoms with Crippen molar-refractivity contribution in [3.05, 3.63) is 81.1 Å². The van der Waals surface area contributed by atoms with Crippen LogP contribution in [0.25, 0.3) is 5.65 Å². The molecule has 0 saturated carbocycles. The van der Waals surface area contributed by atoms with Crippen LogP contribution in [0.3, 0.4) is 0 Å². The summed E-state index contributed by atoms with van der Waals surface area (Å²) in [6.45, 7) is 1.82. The van der Waals surface area contributed by atoms with Crippen LogP contribution in [0.5, 0.6) is 0 Å². The summed E-state index contributed by atoms with van der Waals surface area (Å²) in [6.07, 6.45) is 2.00. The van der Waals surface area contributed by atoms with Crippen LogP contribution in [-0.4, -0.2) is 35.8 Å². The second-order valence-corrected chi connectivity index (χ2v) is 8.27. The van der Waals surface area contributed by atoms with E-state index in [9.17, 15) is 9.59 Å². The molecule has 0 radical (unpaired) electrons. The summed E-state index contributed by atoms with van der Waals surface area (Å²) in [6, 6.07) is 12.3. The van der Waals surface area contributed by atoms with Gasteiger partial charge in [-0.05, 0) is 43.3 Å². The van der Waals surface area contributed by atoms with Crippen molar-refractivity contribution in [1.29, 1.82) is 0 Å². The molecule has 0 bridgehead atoms. The fraction of sp³-hybridized carbons (Fsp3) is 0.190. The van der Waals surface area contributed by atoms with E-state index in [-0.39, 0.29) is 17.2 Å². The average molecular weight is 455 g/mol. The van der Waals surface area contributed by atoms with Crippen molar-refractivity contribution < 1.29 is 4.79 Å². The fourth-order valence-corrected chi connectivity index (χ4v) is 3.94. The van der Waals surface area contributed by atoms with Gasteiger partial charge in [-0.3, -0.25) is 14.0 Å². The summed E-state index contributed by atoms with van der Waals surface area (Å²) in [5.41, 5.74) is 2.39. The Balaban J connectivity index is 1.46. The number of carbonyl (C=O) groups excluding carboxylic acids is 1. The van der Waals surface area contributed by atoms with Crippen LogP contribution in [0.2, 0.25) is 5.02 Å². The first-order valence-electron chi connectivity index (χ1n) is 9.45. The molecule has 0 aliphatic heterocycles. The number of nitrogens with zero attached hydrogens (tertiary/aromatic N) is 5. The van der Waals surface area contributed by atoms with Crippen molar-refractivity contribution in [2.75, 3.05) is 11.1 Å². The lowest BCUT2D eigenvalue weighted by molar-refractivity contribution is -0.113. The number of halogens is 1. The van der Waals surface area contributed by atoms with Crippen molar-refractivity contribution >= 4 is 40.6 Å². The number of rotatable bonds is 6. The van der Waals surface area contributed by atoms with Gasteiger partial charge in [0.1, 0.15) is 11.5 Å². The number of fused-ring (bicyclic) bond motifs is 1. The Labute approximate surface area is 187 Å². The van der Waals surface area contributed by atoms with Gasteiger partial charge in [0.25, 0.3) is 5.56 Å². The zero-order chi connectivity index (χ0) is 22.0. The molecule has 158 valence electrons. The summed E-state index contributed by atoms with van der Waals surface area (Å²) in [5, 5.41) is 12.4. The quantitative estimate of drug-likeness (QED) is 0.450. The van der Waals surface area contributed by atoms with Gasteiger partial charge in [-0.15, -0.1) is 10.2 Å². The number of thioether (sulfide) groups is 1. The molecular formula is C21H19ClN6O2S. The largest absolute Gasteiger partial charge is 0.325 e. The van der Waals surface area contributed by atoms with E-state index < -0.39 is 0 Å². The molecule has 1 N–H and O–H groups in total. The molecule has 0 atom stereocenters. The minimum absolute atomic E-state index is 0.123. The van der Waals surface area contributed by atoms with Gasteiger partial charge in [0.2, 0.25) is 5.91 Å². The standard InChI is InChI=1S/C21H19ClN6O2S/c1-13-16(20(30)28-10-4-3-5-17(28)23-13)11-18-25-26-21(27(18)2)31-12-19(29)24-15-8-6-14(22)7-9-15/h3-10H,11-12H2,1-2H3,(H,24,29). The van der Waals surface area contributed by atoms with Gasteiger partial charge in [0.15, 0.2) is 5.16 Å². The predicted molar refractivity (Wildman–Crippen MR) is 121 cm³/mol. The zero-order valence-corrected chi connectivity index (χ0v) is 18.4. The van der Waals surface area contributed by atoms with Gasteiger partial charge in [-0.2, -0.15) is 0 Å². The van der Waals surface area contributed by atoms with Gasteiger partial charge in [-0.1, -0.05) is 29.4 Å². The van der Waals surface area contributed by atoms with Crippen LogP contribution in [0.4, 0.5) is 5.69 Å². The minimum Gasteiger partial charge on any atom is -0.325 e. The van der Waals surface area contributed by atoms with Crippen LogP contribution in [-0.2, 0) is 18.3 Å². The summed E-state index contributed by atoms with van der Waals surface area (Å²) in [5.74, 6) is 0.636. The lowest BCUT2D eigenvalue weighted by Gasteiger charge is -2.08. The molecule has 0 fully saturated rings. The number of nitrogens with one attached hydrogen (secondary N) is 1. The van der Waals surface area contributed by atoms with Gasteiger partial charge >= 0.3 is 0 Å². The number of hydrogen-bond acceptors (Lipinski definition) is 6. The summed E-state index contributed by atoms with van der Waals surface area (Å²) < 4.78 is 3.31. The van der Waals surface area contributed by atoms with E-state index >= 15 is 0 Å². The maximum absolute atomic E-state index is 12.9. The molecule has 4 aromatic rings. The highest BCUT2D eigenvalue weighted by Gasteiger charge is 2.16. The van der Waals surface area contributed by atoms with Crippen LogP contribution >= 0.6 is 23.4 Å². The van der Waals surface area contributed by atoms with E-state index in [0.717, 1.165) is 0 Å². The van der Waals surface area contributed by atoms with Crippen molar-refractivity contribution in [2.24, 2.45) is 7.05 Å². The molecule has 31 heavy (non-hydrogen) atoms. The van der Waals surface area contributed by atoms with Gasteiger partial charge < -0.3 is 9.88 Å². The molecule has 0 spiro atoms. The average Bonchev–Trinajstić information content (AvgIpc) is 3.10. The van der Waals surface area contributed by atoms with Crippen LogP contribution in [0.15, 0.2) is 58.6 Å². The van der Waals surface area contributed by atoms with E-state index in [1.807, 2.05) is 20.0 Å². The Kier molecular flexibility index (Phi) is 6.06. The van der Waals surface area contributed by atoms with Crippen LogP contribution < -0.4 is 10.9 Å². The van der Waals surface area contributed by atoms with Crippen LogP contribution in [0, 0.1) is 6.92 Å². The van der Waals surface area contributed by atoms with Gasteiger partial charge in [0, 0.05) is 41.6 Å². The van der Waals surface area contributed by atoms with Crippen molar-refractivity contribution in [3.8, 4) is 0 Å². The molecule has 1 amide bonds. The maximum Gasteiger partial charge on any atom is 0.261 e. The highest BCUT2D eigenvalue weighted by atomic mass is 35.5. The monoisotopic (exact) mass is 454 g/mol. The number of pyridine rings is 1. The molecule has 8 nitrogen and oxygen atoms in total. The van der Waals surface area contributed by atoms with Crippen molar-refractivity contribution in [1.82, 2.24) is 24.1 Å². The Hall–Kier alpha value is -3.17. The van der Waals surface area contributed by atoms with E-state index in [0.29, 0.717) is 45.0 Å². The van der Waals surface area contributed by atoms with Crippen LogP contribution in [0.1, 0.15) is 17.1 Å². The van der Waals surface area contributed by atoms with E-state index in [4.69, 9.17) is 11.6 Å². The molecule has 0 aliphatic rings. The smallest absolute Gasteiger partial charge is 0.261 e. The third-order valence-corrected chi connectivity index (χ3v) is 6.03.